The molecule has 1 N–H and O–H groups in total. The minimum atomic E-state index is 0.975. The highest BCUT2D eigenvalue weighted by atomic mass is 32.1. The summed E-state index contributed by atoms with van der Waals surface area (Å²) in [5, 5.41) is 8.20. The second-order valence-electron chi connectivity index (χ2n) is 2.72. The van der Waals surface area contributed by atoms with Gasteiger partial charge >= 0.3 is 0 Å². The molecule has 2 heterocycles. The summed E-state index contributed by atoms with van der Waals surface area (Å²) in [6.07, 6.45) is 0. The first-order valence-corrected chi connectivity index (χ1v) is 5.75. The van der Waals surface area contributed by atoms with Gasteiger partial charge in [-0.25, -0.2) is 4.98 Å². The van der Waals surface area contributed by atoms with Crippen molar-refractivity contribution in [2.45, 2.75) is 6.92 Å². The summed E-state index contributed by atoms with van der Waals surface area (Å²) in [5.41, 5.74) is 2.39. The van der Waals surface area contributed by atoms with Crippen molar-refractivity contribution in [3.05, 3.63) is 22.4 Å². The maximum Gasteiger partial charge on any atom is 0.182 e. The fourth-order valence-electron chi connectivity index (χ4n) is 1.13. The van der Waals surface area contributed by atoms with Crippen LogP contribution < -0.4 is 5.32 Å². The lowest BCUT2D eigenvalue weighted by Gasteiger charge is -1.92. The van der Waals surface area contributed by atoms with Crippen LogP contribution in [0.3, 0.4) is 0 Å². The van der Waals surface area contributed by atoms with E-state index < -0.39 is 0 Å². The van der Waals surface area contributed by atoms with Gasteiger partial charge in [0.15, 0.2) is 5.13 Å². The van der Waals surface area contributed by atoms with Crippen LogP contribution >= 0.6 is 22.7 Å². The molecule has 0 saturated heterocycles. The molecule has 0 aliphatic heterocycles. The Kier molecular flexibility index (Phi) is 2.33. The van der Waals surface area contributed by atoms with Crippen molar-refractivity contribution in [2.75, 3.05) is 12.4 Å². The van der Waals surface area contributed by atoms with E-state index in [0.717, 1.165) is 10.8 Å². The summed E-state index contributed by atoms with van der Waals surface area (Å²) in [6.45, 7) is 2.12. The Balaban J connectivity index is 2.41. The Hall–Kier alpha value is -0.870. The number of aryl methyl sites for hydroxylation is 1. The van der Waals surface area contributed by atoms with Gasteiger partial charge in [-0.15, -0.1) is 22.7 Å². The largest absolute Gasteiger partial charge is 0.365 e. The van der Waals surface area contributed by atoms with Gasteiger partial charge < -0.3 is 5.32 Å². The van der Waals surface area contributed by atoms with E-state index in [9.17, 15) is 0 Å². The van der Waals surface area contributed by atoms with Crippen molar-refractivity contribution >= 4 is 27.8 Å². The number of nitrogens with zero attached hydrogens (tertiary/aromatic N) is 1. The number of anilines is 1. The van der Waals surface area contributed by atoms with E-state index in [1.54, 1.807) is 22.7 Å². The summed E-state index contributed by atoms with van der Waals surface area (Å²) < 4.78 is 0. The van der Waals surface area contributed by atoms with E-state index in [1.807, 2.05) is 7.05 Å². The summed E-state index contributed by atoms with van der Waals surface area (Å²) in [5.74, 6) is 0. The Morgan fingerprint density at radius 1 is 1.38 bits per heavy atom. The van der Waals surface area contributed by atoms with E-state index in [0.29, 0.717) is 0 Å². The van der Waals surface area contributed by atoms with Gasteiger partial charge in [-0.05, 0) is 23.9 Å². The van der Waals surface area contributed by atoms with Crippen LogP contribution in [0.25, 0.3) is 10.6 Å². The van der Waals surface area contributed by atoms with Crippen molar-refractivity contribution in [2.24, 2.45) is 0 Å². The minimum absolute atomic E-state index is 0.975. The average molecular weight is 210 g/mol. The molecular formula is C9H10N2S2. The van der Waals surface area contributed by atoms with Crippen LogP contribution in [0.2, 0.25) is 0 Å². The molecule has 0 saturated carbocycles. The van der Waals surface area contributed by atoms with Gasteiger partial charge in [-0.1, -0.05) is 0 Å². The van der Waals surface area contributed by atoms with Crippen LogP contribution in [0.5, 0.6) is 0 Å². The molecule has 2 aromatic heterocycles. The molecule has 0 aliphatic carbocycles. The fraction of sp³-hybridized carbons (Fsp3) is 0.222. The van der Waals surface area contributed by atoms with Gasteiger partial charge in [-0.3, -0.25) is 0 Å². The van der Waals surface area contributed by atoms with Gasteiger partial charge in [0, 0.05) is 12.4 Å². The quantitative estimate of drug-likeness (QED) is 0.823. The maximum atomic E-state index is 4.45. The maximum absolute atomic E-state index is 4.45. The highest BCUT2D eigenvalue weighted by Gasteiger charge is 2.06. The zero-order valence-corrected chi connectivity index (χ0v) is 9.13. The molecule has 0 atom stereocenters. The predicted molar refractivity (Wildman–Crippen MR) is 59.7 cm³/mol. The van der Waals surface area contributed by atoms with E-state index in [2.05, 4.69) is 34.1 Å². The third-order valence-electron chi connectivity index (χ3n) is 1.81. The van der Waals surface area contributed by atoms with E-state index in [-0.39, 0.29) is 0 Å². The molecule has 2 rings (SSSR count). The van der Waals surface area contributed by atoms with Gasteiger partial charge in [0.25, 0.3) is 0 Å². The molecule has 0 aliphatic rings. The zero-order chi connectivity index (χ0) is 9.26. The first-order valence-electron chi connectivity index (χ1n) is 3.99. The third kappa shape index (κ3) is 1.59. The molecule has 0 fully saturated rings. The second kappa shape index (κ2) is 3.47. The van der Waals surface area contributed by atoms with Gasteiger partial charge in [-0.2, -0.15) is 0 Å². The molecule has 0 aromatic carbocycles. The molecule has 0 spiro atoms. The Bertz CT molecular complexity index is 403. The van der Waals surface area contributed by atoms with Crippen LogP contribution in [-0.4, -0.2) is 12.0 Å². The molecule has 2 aromatic rings. The summed E-state index contributed by atoms with van der Waals surface area (Å²) in [4.78, 5) is 5.73. The lowest BCUT2D eigenvalue weighted by Crippen LogP contribution is -1.85. The number of thiazole rings is 1. The first-order chi connectivity index (χ1) is 6.31. The number of nitrogens with one attached hydrogen (secondary N) is 1. The van der Waals surface area contributed by atoms with Crippen molar-refractivity contribution in [3.8, 4) is 10.6 Å². The summed E-state index contributed by atoms with van der Waals surface area (Å²) in [7, 11) is 1.89. The number of rotatable bonds is 2. The molecule has 68 valence electrons. The Morgan fingerprint density at radius 2 is 2.23 bits per heavy atom. The van der Waals surface area contributed by atoms with Gasteiger partial charge in [0.05, 0.1) is 10.6 Å². The number of hydrogen-bond acceptors (Lipinski definition) is 4. The molecule has 0 amide bonds. The van der Waals surface area contributed by atoms with Crippen molar-refractivity contribution in [1.29, 1.82) is 0 Å². The number of hydrogen-bond donors (Lipinski definition) is 1. The van der Waals surface area contributed by atoms with Crippen LogP contribution in [0, 0.1) is 6.92 Å². The highest BCUT2D eigenvalue weighted by Crippen LogP contribution is 2.31. The smallest absolute Gasteiger partial charge is 0.182 e. The van der Waals surface area contributed by atoms with Crippen LogP contribution in [-0.2, 0) is 0 Å². The SMILES string of the molecule is CNc1nc(-c2sccc2C)cs1. The molecule has 0 radical (unpaired) electrons. The topological polar surface area (TPSA) is 24.9 Å². The van der Waals surface area contributed by atoms with Crippen molar-refractivity contribution in [1.82, 2.24) is 4.98 Å². The molecule has 4 heteroatoms. The zero-order valence-electron chi connectivity index (χ0n) is 7.50. The molecular weight excluding hydrogens is 200 g/mol. The molecule has 2 nitrogen and oxygen atoms in total. The summed E-state index contributed by atoms with van der Waals surface area (Å²) in [6, 6.07) is 2.12. The van der Waals surface area contributed by atoms with Crippen molar-refractivity contribution in [3.63, 3.8) is 0 Å². The van der Waals surface area contributed by atoms with Crippen molar-refractivity contribution < 1.29 is 0 Å². The second-order valence-corrected chi connectivity index (χ2v) is 4.49. The normalized spacial score (nSPS) is 10.3. The molecule has 13 heavy (non-hydrogen) atoms. The molecule has 0 unspecified atom stereocenters. The van der Waals surface area contributed by atoms with Crippen LogP contribution in [0.15, 0.2) is 16.8 Å². The average Bonchev–Trinajstić information content (AvgIpc) is 2.71. The van der Waals surface area contributed by atoms with Crippen LogP contribution in [0.4, 0.5) is 5.13 Å². The predicted octanol–water partition coefficient (Wildman–Crippen LogP) is 3.22. The lowest BCUT2D eigenvalue weighted by atomic mass is 10.2. The minimum Gasteiger partial charge on any atom is -0.365 e. The van der Waals surface area contributed by atoms with E-state index in [4.69, 9.17) is 0 Å². The molecule has 0 bridgehead atoms. The van der Waals surface area contributed by atoms with E-state index >= 15 is 0 Å². The third-order valence-corrected chi connectivity index (χ3v) is 3.71. The monoisotopic (exact) mass is 210 g/mol. The van der Waals surface area contributed by atoms with Gasteiger partial charge in [0.2, 0.25) is 0 Å². The standard InChI is InChI=1S/C9H10N2S2/c1-6-3-4-12-8(6)7-5-13-9(10-2)11-7/h3-5H,1-2H3,(H,10,11). The fourth-order valence-corrected chi connectivity index (χ4v) is 2.75. The van der Waals surface area contributed by atoms with Crippen LogP contribution in [0.1, 0.15) is 5.56 Å². The number of aromatic nitrogens is 1. The Morgan fingerprint density at radius 3 is 2.77 bits per heavy atom. The first kappa shape index (κ1) is 8.72. The number of thiophene rings is 1. The Labute approximate surface area is 85.3 Å². The highest BCUT2D eigenvalue weighted by molar-refractivity contribution is 7.16. The van der Waals surface area contributed by atoms with E-state index in [1.165, 1.54) is 10.4 Å². The summed E-state index contributed by atoms with van der Waals surface area (Å²) >= 11 is 3.38. The van der Waals surface area contributed by atoms with Gasteiger partial charge in [0.1, 0.15) is 0 Å². The lowest BCUT2D eigenvalue weighted by molar-refractivity contribution is 1.36.